The zero-order valence-corrected chi connectivity index (χ0v) is 11.8. The monoisotopic (exact) mass is 278 g/mol. The van der Waals surface area contributed by atoms with E-state index in [4.69, 9.17) is 5.11 Å². The van der Waals surface area contributed by atoms with Gasteiger partial charge >= 0.3 is 5.97 Å². The summed E-state index contributed by atoms with van der Waals surface area (Å²) in [4.78, 5) is 23.0. The number of carboxylic acids is 1. The highest BCUT2D eigenvalue weighted by molar-refractivity contribution is 5.66. The third-order valence-corrected chi connectivity index (χ3v) is 3.08. The molecule has 0 saturated carbocycles. The summed E-state index contributed by atoms with van der Waals surface area (Å²) < 4.78 is 0. The molecule has 0 aliphatic carbocycles. The molecule has 1 aromatic carbocycles. The smallest absolute Gasteiger partial charge is 0.303 e. The van der Waals surface area contributed by atoms with Gasteiger partial charge in [0.1, 0.15) is 0 Å². The Morgan fingerprint density at radius 1 is 1.25 bits per heavy atom. The number of aryl methyl sites for hydroxylation is 1. The quantitative estimate of drug-likeness (QED) is 0.506. The number of benzene rings is 1. The molecular weight excluding hydrogens is 256 g/mol. The zero-order chi connectivity index (χ0) is 14.8. The van der Waals surface area contributed by atoms with Gasteiger partial charge in [0.15, 0.2) is 0 Å². The van der Waals surface area contributed by atoms with Gasteiger partial charge in [-0.2, -0.15) is 0 Å². The van der Waals surface area contributed by atoms with Crippen LogP contribution < -0.4 is 10.2 Å². The lowest BCUT2D eigenvalue weighted by Gasteiger charge is -2.25. The highest BCUT2D eigenvalue weighted by Crippen LogP contribution is 2.15. The summed E-state index contributed by atoms with van der Waals surface area (Å²) >= 11 is 0. The summed E-state index contributed by atoms with van der Waals surface area (Å²) in [5, 5.41) is 11.3. The second-order valence-electron chi connectivity index (χ2n) is 4.75. The third-order valence-electron chi connectivity index (χ3n) is 3.08. The third kappa shape index (κ3) is 6.22. The SMILES string of the molecule is Cc1ccc(N(CCCCC(=O)O)CCNC=O)cc1. The highest BCUT2D eigenvalue weighted by atomic mass is 16.4. The van der Waals surface area contributed by atoms with E-state index in [1.165, 1.54) is 5.56 Å². The van der Waals surface area contributed by atoms with Crippen LogP contribution in [0.25, 0.3) is 0 Å². The first-order valence-electron chi connectivity index (χ1n) is 6.84. The minimum atomic E-state index is -0.755. The number of aliphatic carboxylic acids is 1. The molecule has 0 spiro atoms. The molecule has 20 heavy (non-hydrogen) atoms. The number of amides is 1. The van der Waals surface area contributed by atoms with Gasteiger partial charge in [-0.3, -0.25) is 9.59 Å². The number of carbonyl (C=O) groups excluding carboxylic acids is 1. The molecule has 0 aromatic heterocycles. The van der Waals surface area contributed by atoms with Crippen LogP contribution in [0.4, 0.5) is 5.69 Å². The van der Waals surface area contributed by atoms with Crippen molar-refractivity contribution in [1.82, 2.24) is 5.32 Å². The maximum absolute atomic E-state index is 10.5. The lowest BCUT2D eigenvalue weighted by molar-refractivity contribution is -0.137. The molecule has 1 amide bonds. The fraction of sp³-hybridized carbons (Fsp3) is 0.467. The lowest BCUT2D eigenvalue weighted by atomic mass is 10.2. The van der Waals surface area contributed by atoms with E-state index in [9.17, 15) is 9.59 Å². The van der Waals surface area contributed by atoms with Crippen molar-refractivity contribution in [1.29, 1.82) is 0 Å². The topological polar surface area (TPSA) is 69.6 Å². The minimum Gasteiger partial charge on any atom is -0.481 e. The van der Waals surface area contributed by atoms with Crippen LogP contribution in [0.2, 0.25) is 0 Å². The molecule has 0 unspecified atom stereocenters. The normalized spacial score (nSPS) is 10.1. The Bertz CT molecular complexity index is 418. The largest absolute Gasteiger partial charge is 0.481 e. The first kappa shape index (κ1) is 16.0. The van der Waals surface area contributed by atoms with E-state index in [1.807, 2.05) is 31.2 Å². The van der Waals surface area contributed by atoms with Crippen molar-refractivity contribution < 1.29 is 14.7 Å². The number of rotatable bonds is 10. The predicted molar refractivity (Wildman–Crippen MR) is 78.9 cm³/mol. The average molecular weight is 278 g/mol. The molecule has 0 fully saturated rings. The van der Waals surface area contributed by atoms with Gasteiger partial charge in [-0.1, -0.05) is 17.7 Å². The summed E-state index contributed by atoms with van der Waals surface area (Å²) in [6.07, 6.45) is 2.38. The molecule has 1 rings (SSSR count). The van der Waals surface area contributed by atoms with Crippen LogP contribution in [0.15, 0.2) is 24.3 Å². The number of anilines is 1. The molecule has 0 heterocycles. The van der Waals surface area contributed by atoms with Crippen LogP contribution in [0.1, 0.15) is 24.8 Å². The minimum absolute atomic E-state index is 0.203. The molecule has 5 nitrogen and oxygen atoms in total. The van der Waals surface area contributed by atoms with Gasteiger partial charge in [0.05, 0.1) is 0 Å². The Hall–Kier alpha value is -2.04. The van der Waals surface area contributed by atoms with Crippen molar-refractivity contribution in [3.05, 3.63) is 29.8 Å². The second kappa shape index (κ2) is 8.96. The summed E-state index contributed by atoms with van der Waals surface area (Å²) in [6, 6.07) is 8.19. The first-order valence-corrected chi connectivity index (χ1v) is 6.84. The molecule has 110 valence electrons. The van der Waals surface area contributed by atoms with Gasteiger partial charge in [0.2, 0.25) is 6.41 Å². The Kier molecular flexibility index (Phi) is 7.17. The molecule has 2 N–H and O–H groups in total. The maximum atomic E-state index is 10.5. The van der Waals surface area contributed by atoms with Crippen molar-refractivity contribution in [2.45, 2.75) is 26.2 Å². The van der Waals surface area contributed by atoms with Crippen molar-refractivity contribution in [2.75, 3.05) is 24.5 Å². The van der Waals surface area contributed by atoms with Crippen molar-refractivity contribution in [3.8, 4) is 0 Å². The lowest BCUT2D eigenvalue weighted by Crippen LogP contribution is -2.32. The molecule has 5 heteroatoms. The Balaban J connectivity index is 2.52. The van der Waals surface area contributed by atoms with Crippen LogP contribution in [-0.4, -0.2) is 37.1 Å². The molecule has 0 radical (unpaired) electrons. The van der Waals surface area contributed by atoms with Crippen LogP contribution in [-0.2, 0) is 9.59 Å². The predicted octanol–water partition coefficient (Wildman–Crippen LogP) is 1.80. The molecular formula is C15H22N2O3. The number of unbranched alkanes of at least 4 members (excludes halogenated alkanes) is 1. The van der Waals surface area contributed by atoms with E-state index < -0.39 is 5.97 Å². The molecule has 0 bridgehead atoms. The van der Waals surface area contributed by atoms with Crippen molar-refractivity contribution >= 4 is 18.1 Å². The number of nitrogens with zero attached hydrogens (tertiary/aromatic N) is 1. The fourth-order valence-electron chi connectivity index (χ4n) is 1.96. The number of carboxylic acid groups (broad SMARTS) is 1. The zero-order valence-electron chi connectivity index (χ0n) is 11.8. The van der Waals surface area contributed by atoms with Crippen LogP contribution in [0.5, 0.6) is 0 Å². The molecule has 0 atom stereocenters. The molecule has 0 saturated heterocycles. The van der Waals surface area contributed by atoms with Gasteiger partial charge in [-0.05, 0) is 31.9 Å². The second-order valence-corrected chi connectivity index (χ2v) is 4.75. The van der Waals surface area contributed by atoms with Crippen LogP contribution in [0, 0.1) is 6.92 Å². The Labute approximate surface area is 119 Å². The first-order chi connectivity index (χ1) is 9.63. The van der Waals surface area contributed by atoms with Crippen LogP contribution >= 0.6 is 0 Å². The number of hydrogen-bond acceptors (Lipinski definition) is 3. The fourth-order valence-corrected chi connectivity index (χ4v) is 1.96. The van der Waals surface area contributed by atoms with Gasteiger partial charge in [-0.25, -0.2) is 0 Å². The summed E-state index contributed by atoms with van der Waals surface area (Å²) in [6.45, 7) is 4.12. The van der Waals surface area contributed by atoms with Gasteiger partial charge in [0.25, 0.3) is 0 Å². The number of nitrogens with one attached hydrogen (secondary N) is 1. The van der Waals surface area contributed by atoms with Crippen molar-refractivity contribution in [3.63, 3.8) is 0 Å². The maximum Gasteiger partial charge on any atom is 0.303 e. The van der Waals surface area contributed by atoms with E-state index in [1.54, 1.807) is 0 Å². The van der Waals surface area contributed by atoms with Gasteiger partial charge in [0, 0.05) is 31.7 Å². The highest BCUT2D eigenvalue weighted by Gasteiger charge is 2.06. The molecule has 0 aliphatic rings. The number of hydrogen-bond donors (Lipinski definition) is 2. The van der Waals surface area contributed by atoms with E-state index in [2.05, 4.69) is 10.2 Å². The van der Waals surface area contributed by atoms with Crippen LogP contribution in [0.3, 0.4) is 0 Å². The summed E-state index contributed by atoms with van der Waals surface area (Å²) in [7, 11) is 0. The van der Waals surface area contributed by atoms with E-state index in [-0.39, 0.29) is 6.42 Å². The average Bonchev–Trinajstić information content (AvgIpc) is 2.42. The van der Waals surface area contributed by atoms with Gasteiger partial charge in [-0.15, -0.1) is 0 Å². The molecule has 1 aromatic rings. The van der Waals surface area contributed by atoms with Gasteiger partial charge < -0.3 is 15.3 Å². The van der Waals surface area contributed by atoms with E-state index >= 15 is 0 Å². The Morgan fingerprint density at radius 2 is 1.95 bits per heavy atom. The van der Waals surface area contributed by atoms with Crippen molar-refractivity contribution in [2.24, 2.45) is 0 Å². The van der Waals surface area contributed by atoms with E-state index in [0.717, 1.165) is 25.2 Å². The van der Waals surface area contributed by atoms with E-state index in [0.29, 0.717) is 19.4 Å². The Morgan fingerprint density at radius 3 is 2.55 bits per heavy atom. The standard InChI is InChI=1S/C15H22N2O3/c1-13-5-7-14(8-6-13)17(11-9-16-12-18)10-3-2-4-15(19)20/h5-8,12H,2-4,9-11H2,1H3,(H,16,18)(H,19,20). The summed E-state index contributed by atoms with van der Waals surface area (Å²) in [5.41, 5.74) is 2.30. The number of carbonyl (C=O) groups is 2. The summed E-state index contributed by atoms with van der Waals surface area (Å²) in [5.74, 6) is -0.755. The molecule has 0 aliphatic heterocycles.